The number of rotatable bonds is 5. The van der Waals surface area contributed by atoms with Crippen molar-refractivity contribution in [3.63, 3.8) is 0 Å². The second kappa shape index (κ2) is 7.35. The van der Waals surface area contributed by atoms with Crippen LogP contribution in [0.2, 0.25) is 0 Å². The number of carbonyl (C=O) groups excluding carboxylic acids is 1. The third kappa shape index (κ3) is 3.62. The van der Waals surface area contributed by atoms with Gasteiger partial charge in [-0.1, -0.05) is 18.0 Å². The van der Waals surface area contributed by atoms with E-state index >= 15 is 0 Å². The zero-order valence-electron chi connectivity index (χ0n) is 16.1. The van der Waals surface area contributed by atoms with E-state index in [0.29, 0.717) is 19.0 Å². The largest absolute Gasteiger partial charge is 0.336 e. The Morgan fingerprint density at radius 1 is 1.14 bits per heavy atom. The highest BCUT2D eigenvalue weighted by atomic mass is 16.5. The van der Waals surface area contributed by atoms with Crippen LogP contribution in [0.1, 0.15) is 48.5 Å². The van der Waals surface area contributed by atoms with Gasteiger partial charge in [-0.15, -0.1) is 0 Å². The lowest BCUT2D eigenvalue weighted by Gasteiger charge is -2.39. The molecule has 3 aromatic heterocycles. The fraction of sp³-hybridized carbons (Fsp3) is 0.429. The standard InChI is InChI=1S/C21H22N6O2/c28-19(17-23-9-2-10-24-17)27-11-6-21(7-12-27,13-15-4-5-15)20-25-18(29-26-20)16-3-1-8-22-14-16/h1-3,8-10,14-15H,4-7,11-13H2. The molecule has 8 nitrogen and oxygen atoms in total. The lowest BCUT2D eigenvalue weighted by Crippen LogP contribution is -2.46. The summed E-state index contributed by atoms with van der Waals surface area (Å²) >= 11 is 0. The summed E-state index contributed by atoms with van der Waals surface area (Å²) in [6.45, 7) is 1.28. The number of hydrogen-bond donors (Lipinski definition) is 0. The van der Waals surface area contributed by atoms with Crippen LogP contribution in [-0.4, -0.2) is 49.0 Å². The minimum Gasteiger partial charge on any atom is -0.336 e. The molecule has 29 heavy (non-hydrogen) atoms. The van der Waals surface area contributed by atoms with Gasteiger partial charge in [-0.25, -0.2) is 9.97 Å². The molecule has 0 unspecified atom stereocenters. The number of carbonyl (C=O) groups is 1. The van der Waals surface area contributed by atoms with Crippen LogP contribution in [0.15, 0.2) is 47.5 Å². The van der Waals surface area contributed by atoms with E-state index in [2.05, 4.69) is 20.1 Å². The van der Waals surface area contributed by atoms with E-state index in [1.165, 1.54) is 12.8 Å². The molecule has 1 aliphatic carbocycles. The molecule has 2 fully saturated rings. The Balaban J connectivity index is 1.36. The van der Waals surface area contributed by atoms with E-state index < -0.39 is 0 Å². The zero-order valence-corrected chi connectivity index (χ0v) is 16.1. The molecule has 2 aliphatic rings. The molecule has 5 rings (SSSR count). The monoisotopic (exact) mass is 390 g/mol. The first-order chi connectivity index (χ1) is 14.2. The summed E-state index contributed by atoms with van der Waals surface area (Å²) in [6.07, 6.45) is 11.8. The smallest absolute Gasteiger partial charge is 0.291 e. The number of piperidine rings is 1. The van der Waals surface area contributed by atoms with Crippen LogP contribution < -0.4 is 0 Å². The van der Waals surface area contributed by atoms with Crippen LogP contribution in [0.25, 0.3) is 11.5 Å². The molecule has 8 heteroatoms. The SMILES string of the molecule is O=C(c1ncccn1)N1CCC(CC2CC2)(c2noc(-c3cccnc3)n2)CC1. The Kier molecular flexibility index (Phi) is 4.54. The number of nitrogens with zero attached hydrogens (tertiary/aromatic N) is 6. The maximum atomic E-state index is 12.7. The Labute approximate surface area is 168 Å². The van der Waals surface area contributed by atoms with E-state index in [1.807, 2.05) is 17.0 Å². The quantitative estimate of drug-likeness (QED) is 0.660. The maximum Gasteiger partial charge on any atom is 0.291 e. The molecular weight excluding hydrogens is 368 g/mol. The molecule has 1 amide bonds. The number of amides is 1. The second-order valence-electron chi connectivity index (χ2n) is 7.96. The summed E-state index contributed by atoms with van der Waals surface area (Å²) in [6, 6.07) is 5.48. The minimum absolute atomic E-state index is 0.116. The van der Waals surface area contributed by atoms with Crippen LogP contribution in [-0.2, 0) is 5.41 Å². The van der Waals surface area contributed by atoms with Crippen molar-refractivity contribution in [2.24, 2.45) is 5.92 Å². The minimum atomic E-state index is -0.153. The molecule has 0 aromatic carbocycles. The summed E-state index contributed by atoms with van der Waals surface area (Å²) in [5.41, 5.74) is 0.668. The van der Waals surface area contributed by atoms with Crippen LogP contribution in [0.3, 0.4) is 0 Å². The molecule has 1 aliphatic heterocycles. The van der Waals surface area contributed by atoms with Gasteiger partial charge >= 0.3 is 0 Å². The zero-order chi connectivity index (χ0) is 19.7. The first kappa shape index (κ1) is 17.9. The lowest BCUT2D eigenvalue weighted by molar-refractivity contribution is 0.0633. The average molecular weight is 390 g/mol. The lowest BCUT2D eigenvalue weighted by atomic mass is 9.73. The van der Waals surface area contributed by atoms with Gasteiger partial charge in [-0.05, 0) is 43.4 Å². The van der Waals surface area contributed by atoms with Gasteiger partial charge in [0.2, 0.25) is 5.82 Å². The van der Waals surface area contributed by atoms with Crippen molar-refractivity contribution in [3.8, 4) is 11.5 Å². The van der Waals surface area contributed by atoms with Crippen molar-refractivity contribution in [1.82, 2.24) is 30.0 Å². The Bertz CT molecular complexity index is 979. The fourth-order valence-electron chi connectivity index (χ4n) is 4.13. The second-order valence-corrected chi connectivity index (χ2v) is 7.96. The van der Waals surface area contributed by atoms with Gasteiger partial charge in [0.05, 0.1) is 5.56 Å². The summed E-state index contributed by atoms with van der Waals surface area (Å²) < 4.78 is 5.57. The van der Waals surface area contributed by atoms with Crippen molar-refractivity contribution < 1.29 is 9.32 Å². The van der Waals surface area contributed by atoms with Crippen molar-refractivity contribution in [2.45, 2.75) is 37.5 Å². The molecule has 4 heterocycles. The van der Waals surface area contributed by atoms with Crippen molar-refractivity contribution in [2.75, 3.05) is 13.1 Å². The molecule has 0 atom stereocenters. The first-order valence-electron chi connectivity index (χ1n) is 10.0. The molecule has 0 N–H and O–H groups in total. The number of pyridine rings is 1. The Morgan fingerprint density at radius 2 is 1.93 bits per heavy atom. The summed E-state index contributed by atoms with van der Waals surface area (Å²) in [5, 5.41) is 4.36. The molecule has 0 bridgehead atoms. The molecule has 1 saturated heterocycles. The van der Waals surface area contributed by atoms with E-state index in [0.717, 1.165) is 36.6 Å². The molecule has 0 radical (unpaired) electrons. The highest BCUT2D eigenvalue weighted by Gasteiger charge is 2.45. The van der Waals surface area contributed by atoms with E-state index in [-0.39, 0.29) is 17.1 Å². The highest BCUT2D eigenvalue weighted by Crippen LogP contribution is 2.46. The third-order valence-corrected chi connectivity index (χ3v) is 5.95. The topological polar surface area (TPSA) is 97.9 Å². The fourth-order valence-corrected chi connectivity index (χ4v) is 4.13. The van der Waals surface area contributed by atoms with Gasteiger partial charge in [0.25, 0.3) is 11.8 Å². The molecule has 1 saturated carbocycles. The van der Waals surface area contributed by atoms with Crippen molar-refractivity contribution in [1.29, 1.82) is 0 Å². The van der Waals surface area contributed by atoms with Crippen LogP contribution >= 0.6 is 0 Å². The van der Waals surface area contributed by atoms with E-state index in [9.17, 15) is 4.79 Å². The Morgan fingerprint density at radius 3 is 2.62 bits per heavy atom. The number of hydrogen-bond acceptors (Lipinski definition) is 7. The van der Waals surface area contributed by atoms with Crippen LogP contribution in [0, 0.1) is 5.92 Å². The molecular formula is C21H22N6O2. The summed E-state index contributed by atoms with van der Waals surface area (Å²) in [5.74, 6) is 2.11. The molecule has 148 valence electrons. The van der Waals surface area contributed by atoms with Crippen LogP contribution in [0.5, 0.6) is 0 Å². The normalized spacial score (nSPS) is 18.6. The summed E-state index contributed by atoms with van der Waals surface area (Å²) in [4.78, 5) is 31.6. The summed E-state index contributed by atoms with van der Waals surface area (Å²) in [7, 11) is 0. The van der Waals surface area contributed by atoms with E-state index in [1.54, 1.807) is 30.9 Å². The first-order valence-corrected chi connectivity index (χ1v) is 10.0. The molecule has 0 spiro atoms. The van der Waals surface area contributed by atoms with Gasteiger partial charge in [-0.2, -0.15) is 4.98 Å². The number of aromatic nitrogens is 5. The third-order valence-electron chi connectivity index (χ3n) is 5.95. The van der Waals surface area contributed by atoms with Gasteiger partial charge in [0.1, 0.15) is 0 Å². The van der Waals surface area contributed by atoms with Gasteiger partial charge in [-0.3, -0.25) is 9.78 Å². The van der Waals surface area contributed by atoms with Gasteiger partial charge in [0.15, 0.2) is 5.82 Å². The predicted molar refractivity (Wildman–Crippen MR) is 104 cm³/mol. The highest BCUT2D eigenvalue weighted by molar-refractivity contribution is 5.90. The van der Waals surface area contributed by atoms with Crippen LogP contribution in [0.4, 0.5) is 0 Å². The molecule has 3 aromatic rings. The van der Waals surface area contributed by atoms with Gasteiger partial charge < -0.3 is 9.42 Å². The Hall–Kier alpha value is -3.16. The predicted octanol–water partition coefficient (Wildman–Crippen LogP) is 2.90. The van der Waals surface area contributed by atoms with Gasteiger partial charge in [0, 0.05) is 43.3 Å². The maximum absolute atomic E-state index is 12.7. The van der Waals surface area contributed by atoms with E-state index in [4.69, 9.17) is 9.51 Å². The number of likely N-dealkylation sites (tertiary alicyclic amines) is 1. The van der Waals surface area contributed by atoms with Crippen molar-refractivity contribution in [3.05, 3.63) is 54.6 Å². The van der Waals surface area contributed by atoms with Crippen molar-refractivity contribution >= 4 is 5.91 Å². The average Bonchev–Trinajstić information content (AvgIpc) is 3.45.